The molecular formula is C16H22O2. The lowest BCUT2D eigenvalue weighted by molar-refractivity contribution is -0.137. The number of hydrogen-bond donors (Lipinski definition) is 1. The lowest BCUT2D eigenvalue weighted by Crippen LogP contribution is -2.50. The fourth-order valence-corrected chi connectivity index (χ4v) is 3.99. The third kappa shape index (κ3) is 1.55. The molecule has 2 aliphatic rings. The molecule has 0 aliphatic heterocycles. The molecule has 2 nitrogen and oxygen atoms in total. The minimum absolute atomic E-state index is 0.360. The number of hydrogen-bond acceptors (Lipinski definition) is 2. The molecule has 2 heteroatoms. The van der Waals surface area contributed by atoms with E-state index in [2.05, 4.69) is 18.2 Å². The van der Waals surface area contributed by atoms with Crippen LogP contribution in [0.1, 0.15) is 49.7 Å². The van der Waals surface area contributed by atoms with Gasteiger partial charge in [0.05, 0.1) is 6.10 Å². The summed E-state index contributed by atoms with van der Waals surface area (Å²) in [6.07, 6.45) is 4.46. The number of ether oxygens (including phenoxy) is 1. The fourth-order valence-electron chi connectivity index (χ4n) is 3.99. The van der Waals surface area contributed by atoms with Crippen LogP contribution < -0.4 is 0 Å². The van der Waals surface area contributed by atoms with E-state index in [1.54, 1.807) is 7.11 Å². The van der Waals surface area contributed by atoms with Gasteiger partial charge in [0.15, 0.2) is 0 Å². The Labute approximate surface area is 109 Å². The second-order valence-electron chi connectivity index (χ2n) is 5.90. The van der Waals surface area contributed by atoms with Gasteiger partial charge in [-0.2, -0.15) is 0 Å². The number of aliphatic hydroxyl groups excluding tert-OH is 1. The van der Waals surface area contributed by atoms with Crippen LogP contribution in [0.4, 0.5) is 0 Å². The average Bonchev–Trinajstić information content (AvgIpc) is 2.45. The van der Waals surface area contributed by atoms with E-state index in [1.165, 1.54) is 30.4 Å². The zero-order chi connectivity index (χ0) is 12.8. The summed E-state index contributed by atoms with van der Waals surface area (Å²) < 4.78 is 5.72. The lowest BCUT2D eigenvalue weighted by atomic mass is 9.62. The summed E-state index contributed by atoms with van der Waals surface area (Å²) >= 11 is 0. The van der Waals surface area contributed by atoms with E-state index in [9.17, 15) is 5.11 Å². The molecule has 98 valence electrons. The molecule has 18 heavy (non-hydrogen) atoms. The van der Waals surface area contributed by atoms with Crippen molar-refractivity contribution in [3.8, 4) is 0 Å². The van der Waals surface area contributed by atoms with Crippen molar-refractivity contribution in [2.24, 2.45) is 5.92 Å². The fraction of sp³-hybridized carbons (Fsp3) is 0.625. The molecule has 4 atom stereocenters. The van der Waals surface area contributed by atoms with Gasteiger partial charge < -0.3 is 9.84 Å². The van der Waals surface area contributed by atoms with E-state index in [0.29, 0.717) is 11.8 Å². The van der Waals surface area contributed by atoms with Gasteiger partial charge in [0.25, 0.3) is 0 Å². The number of aliphatic hydroxyl groups is 1. The van der Waals surface area contributed by atoms with Gasteiger partial charge in [0.1, 0.15) is 5.60 Å². The van der Waals surface area contributed by atoms with Crippen molar-refractivity contribution in [1.82, 2.24) is 0 Å². The Balaban J connectivity index is 2.15. The van der Waals surface area contributed by atoms with Gasteiger partial charge in [-0.25, -0.2) is 0 Å². The summed E-state index contributed by atoms with van der Waals surface area (Å²) in [5.41, 5.74) is 2.04. The van der Waals surface area contributed by atoms with E-state index < -0.39 is 5.60 Å². The molecule has 3 rings (SSSR count). The first-order valence-electron chi connectivity index (χ1n) is 7.01. The summed E-state index contributed by atoms with van der Waals surface area (Å²) in [4.78, 5) is 0. The molecule has 0 unspecified atom stereocenters. The maximum atomic E-state index is 10.7. The molecular weight excluding hydrogens is 224 g/mol. The molecule has 0 heterocycles. The highest BCUT2D eigenvalue weighted by molar-refractivity contribution is 5.40. The first kappa shape index (κ1) is 12.2. The van der Waals surface area contributed by atoms with Crippen LogP contribution in [-0.4, -0.2) is 18.3 Å². The Morgan fingerprint density at radius 1 is 1.22 bits per heavy atom. The summed E-state index contributed by atoms with van der Waals surface area (Å²) in [6, 6.07) is 8.50. The normalized spacial score (nSPS) is 38.9. The van der Waals surface area contributed by atoms with Crippen LogP contribution in [0.15, 0.2) is 24.3 Å². The van der Waals surface area contributed by atoms with Crippen LogP contribution >= 0.6 is 0 Å². The molecule has 0 saturated heterocycles. The molecule has 0 amide bonds. The van der Waals surface area contributed by atoms with E-state index in [1.807, 2.05) is 13.0 Å². The molecule has 1 aromatic rings. The van der Waals surface area contributed by atoms with Crippen LogP contribution in [0, 0.1) is 5.92 Å². The molecule has 1 N–H and O–H groups in total. The van der Waals surface area contributed by atoms with Crippen molar-refractivity contribution in [3.05, 3.63) is 35.4 Å². The predicted molar refractivity (Wildman–Crippen MR) is 71.5 cm³/mol. The number of fused-ring (bicyclic) bond motifs is 3. The van der Waals surface area contributed by atoms with E-state index in [-0.39, 0.29) is 6.10 Å². The van der Waals surface area contributed by atoms with Gasteiger partial charge >= 0.3 is 0 Å². The zero-order valence-electron chi connectivity index (χ0n) is 11.2. The Morgan fingerprint density at radius 3 is 2.72 bits per heavy atom. The summed E-state index contributed by atoms with van der Waals surface area (Å²) in [6.45, 7) is 2.03. The topological polar surface area (TPSA) is 29.5 Å². The smallest absolute Gasteiger partial charge is 0.116 e. The van der Waals surface area contributed by atoms with Gasteiger partial charge in [-0.15, -0.1) is 0 Å². The molecule has 1 aromatic carbocycles. The van der Waals surface area contributed by atoms with Crippen molar-refractivity contribution < 1.29 is 9.84 Å². The van der Waals surface area contributed by atoms with Crippen LogP contribution in [0.5, 0.6) is 0 Å². The maximum absolute atomic E-state index is 10.7. The van der Waals surface area contributed by atoms with Crippen LogP contribution in [-0.2, 0) is 10.3 Å². The highest BCUT2D eigenvalue weighted by Crippen LogP contribution is 2.51. The van der Waals surface area contributed by atoms with E-state index in [4.69, 9.17) is 4.74 Å². The third-order valence-corrected chi connectivity index (χ3v) is 5.11. The molecule has 0 aromatic heterocycles. The van der Waals surface area contributed by atoms with Crippen molar-refractivity contribution in [2.75, 3.05) is 7.11 Å². The van der Waals surface area contributed by atoms with Gasteiger partial charge in [-0.3, -0.25) is 0 Å². The number of methoxy groups -OCH3 is 1. The van der Waals surface area contributed by atoms with Gasteiger partial charge in [-0.1, -0.05) is 37.1 Å². The predicted octanol–water partition coefficient (Wildman–Crippen LogP) is 3.20. The van der Waals surface area contributed by atoms with E-state index in [0.717, 1.165) is 6.42 Å². The second kappa shape index (κ2) is 4.36. The summed E-state index contributed by atoms with van der Waals surface area (Å²) in [7, 11) is 1.71. The Kier molecular flexibility index (Phi) is 2.95. The monoisotopic (exact) mass is 246 g/mol. The van der Waals surface area contributed by atoms with Crippen molar-refractivity contribution in [1.29, 1.82) is 0 Å². The zero-order valence-corrected chi connectivity index (χ0v) is 11.2. The third-order valence-electron chi connectivity index (χ3n) is 5.11. The molecule has 2 aliphatic carbocycles. The molecule has 1 fully saturated rings. The quantitative estimate of drug-likeness (QED) is 0.824. The number of benzene rings is 1. The van der Waals surface area contributed by atoms with Crippen molar-refractivity contribution >= 4 is 0 Å². The molecule has 1 saturated carbocycles. The minimum atomic E-state index is -0.547. The number of rotatable bonds is 1. The SMILES string of the molecule is CO[C@]1(C)c2ccccc2[C@@H]2CCCC[C@@H]2[C@H]1O. The van der Waals surface area contributed by atoms with Crippen LogP contribution in [0.2, 0.25) is 0 Å². The summed E-state index contributed by atoms with van der Waals surface area (Å²) in [5, 5.41) is 10.7. The Morgan fingerprint density at radius 2 is 1.94 bits per heavy atom. The van der Waals surface area contributed by atoms with E-state index >= 15 is 0 Å². The standard InChI is InChI=1S/C16H22O2/c1-16(18-2)14-10-6-5-8-12(14)11-7-3-4-9-13(11)15(16)17/h5-6,8,10-11,13,15,17H,3-4,7,9H2,1-2H3/t11-,13-,15+,16+/m0/s1. The van der Waals surface area contributed by atoms with Gasteiger partial charge in [0, 0.05) is 7.11 Å². The molecule has 0 radical (unpaired) electrons. The largest absolute Gasteiger partial charge is 0.389 e. The highest BCUT2D eigenvalue weighted by atomic mass is 16.5. The van der Waals surface area contributed by atoms with Crippen LogP contribution in [0.25, 0.3) is 0 Å². The van der Waals surface area contributed by atoms with Crippen molar-refractivity contribution in [2.45, 2.75) is 50.2 Å². The molecule has 0 bridgehead atoms. The first-order valence-corrected chi connectivity index (χ1v) is 7.01. The minimum Gasteiger partial charge on any atom is -0.389 e. The highest BCUT2D eigenvalue weighted by Gasteiger charge is 2.49. The Bertz CT molecular complexity index is 442. The second-order valence-corrected chi connectivity index (χ2v) is 5.90. The van der Waals surface area contributed by atoms with Gasteiger partial charge in [0.2, 0.25) is 0 Å². The van der Waals surface area contributed by atoms with Gasteiger partial charge in [-0.05, 0) is 42.7 Å². The summed E-state index contributed by atoms with van der Waals surface area (Å²) in [5.74, 6) is 0.881. The van der Waals surface area contributed by atoms with Crippen LogP contribution in [0.3, 0.4) is 0 Å². The Hall–Kier alpha value is -0.860. The first-order chi connectivity index (χ1) is 8.68. The molecule has 0 spiro atoms. The van der Waals surface area contributed by atoms with Crippen molar-refractivity contribution in [3.63, 3.8) is 0 Å². The lowest BCUT2D eigenvalue weighted by Gasteiger charge is -2.49. The maximum Gasteiger partial charge on any atom is 0.116 e. The average molecular weight is 246 g/mol.